The fourth-order valence-electron chi connectivity index (χ4n) is 5.49. The molecule has 0 saturated heterocycles. The topological polar surface area (TPSA) is 121 Å². The number of hydrogen-bond donors (Lipinski definition) is 1. The summed E-state index contributed by atoms with van der Waals surface area (Å²) >= 11 is 0. The lowest BCUT2D eigenvalue weighted by Crippen LogP contribution is -2.49. The van der Waals surface area contributed by atoms with Gasteiger partial charge in [-0.1, -0.05) is 44.9 Å². The van der Waals surface area contributed by atoms with Gasteiger partial charge in [0.1, 0.15) is 11.7 Å². The van der Waals surface area contributed by atoms with Crippen molar-refractivity contribution in [2.45, 2.75) is 76.4 Å². The molecular formula is C21H26N4O2. The first-order valence-electron chi connectivity index (χ1n) is 10.1. The highest BCUT2D eigenvalue weighted by Gasteiger charge is 2.74. The largest absolute Gasteiger partial charge is 0.369 e. The molecule has 1 aliphatic heterocycles. The van der Waals surface area contributed by atoms with Crippen LogP contribution in [0, 0.1) is 56.7 Å². The number of carbonyl (C=O) groups is 1. The third kappa shape index (κ3) is 2.77. The number of carbonyl (C=O) groups excluding carboxylic acids is 1. The van der Waals surface area contributed by atoms with Crippen molar-refractivity contribution in [3.8, 4) is 18.2 Å². The summed E-state index contributed by atoms with van der Waals surface area (Å²) in [6.45, 7) is 0. The Balaban J connectivity index is 2.10. The quantitative estimate of drug-likeness (QED) is 0.713. The van der Waals surface area contributed by atoms with Crippen LogP contribution in [0.1, 0.15) is 70.6 Å². The molecule has 1 N–H and O–H groups in total. The van der Waals surface area contributed by atoms with Crippen molar-refractivity contribution >= 4 is 12.0 Å². The Kier molecular flexibility index (Phi) is 5.36. The summed E-state index contributed by atoms with van der Waals surface area (Å²) in [7, 11) is 0. The van der Waals surface area contributed by atoms with Crippen LogP contribution in [0.3, 0.4) is 0 Å². The van der Waals surface area contributed by atoms with Crippen molar-refractivity contribution in [2.75, 3.05) is 0 Å². The predicted octanol–water partition coefficient (Wildman–Crippen LogP) is 3.42. The number of aldehydes is 1. The van der Waals surface area contributed by atoms with Crippen LogP contribution in [-0.2, 0) is 4.79 Å². The molecule has 0 spiro atoms. The smallest absolute Gasteiger partial charge is 0.169 e. The molecule has 6 nitrogen and oxygen atoms in total. The van der Waals surface area contributed by atoms with Crippen molar-refractivity contribution in [3.05, 3.63) is 0 Å². The van der Waals surface area contributed by atoms with Crippen LogP contribution in [0.4, 0.5) is 0 Å². The highest BCUT2D eigenvalue weighted by molar-refractivity contribution is 6.08. The Labute approximate surface area is 160 Å². The SMILES string of the molecule is N#CC1(C#N)CC(C=O)C2=N[C@@]3(O)CCCCCCCCCC[C@@H]3[C@]21C#N. The van der Waals surface area contributed by atoms with Gasteiger partial charge >= 0.3 is 0 Å². The first kappa shape index (κ1) is 19.5. The van der Waals surface area contributed by atoms with E-state index in [0.717, 1.165) is 38.5 Å². The van der Waals surface area contributed by atoms with Crippen LogP contribution in [0.2, 0.25) is 0 Å². The Bertz CT molecular complexity index is 742. The number of aliphatic hydroxyl groups is 1. The summed E-state index contributed by atoms with van der Waals surface area (Å²) in [5, 5.41) is 41.4. The van der Waals surface area contributed by atoms with E-state index in [4.69, 9.17) is 0 Å². The fourth-order valence-corrected chi connectivity index (χ4v) is 5.49. The lowest BCUT2D eigenvalue weighted by atomic mass is 9.58. The highest BCUT2D eigenvalue weighted by Crippen LogP contribution is 2.64. The fraction of sp³-hybridized carbons (Fsp3) is 0.762. The molecule has 27 heavy (non-hydrogen) atoms. The van der Waals surface area contributed by atoms with E-state index in [1.54, 1.807) is 0 Å². The van der Waals surface area contributed by atoms with Gasteiger partial charge in [-0.15, -0.1) is 0 Å². The normalized spacial score (nSPS) is 38.5. The molecule has 1 unspecified atom stereocenters. The van der Waals surface area contributed by atoms with E-state index in [1.165, 1.54) is 12.8 Å². The van der Waals surface area contributed by atoms with Gasteiger partial charge in [-0.2, -0.15) is 15.8 Å². The molecule has 142 valence electrons. The average Bonchev–Trinajstić information content (AvgIpc) is 3.08. The zero-order valence-electron chi connectivity index (χ0n) is 15.7. The molecule has 0 radical (unpaired) electrons. The molecule has 1 heterocycles. The van der Waals surface area contributed by atoms with Gasteiger partial charge in [0.15, 0.2) is 11.1 Å². The summed E-state index contributed by atoms with van der Waals surface area (Å²) < 4.78 is 0. The zero-order valence-corrected chi connectivity index (χ0v) is 15.7. The van der Waals surface area contributed by atoms with Gasteiger partial charge in [-0.25, -0.2) is 0 Å². The van der Waals surface area contributed by atoms with Crippen LogP contribution >= 0.6 is 0 Å². The molecule has 2 fully saturated rings. The van der Waals surface area contributed by atoms with E-state index in [0.29, 0.717) is 19.1 Å². The maximum atomic E-state index is 11.7. The lowest BCUT2D eigenvalue weighted by Gasteiger charge is -2.39. The number of nitriles is 3. The summed E-state index contributed by atoms with van der Waals surface area (Å²) in [5.74, 6) is -1.37. The number of rotatable bonds is 1. The molecule has 0 aromatic heterocycles. The van der Waals surface area contributed by atoms with Crippen molar-refractivity contribution in [2.24, 2.45) is 27.7 Å². The van der Waals surface area contributed by atoms with Crippen molar-refractivity contribution in [1.29, 1.82) is 15.8 Å². The Morgan fingerprint density at radius 3 is 2.11 bits per heavy atom. The van der Waals surface area contributed by atoms with Crippen molar-refractivity contribution < 1.29 is 9.90 Å². The van der Waals surface area contributed by atoms with Crippen molar-refractivity contribution in [3.63, 3.8) is 0 Å². The van der Waals surface area contributed by atoms with Crippen molar-refractivity contribution in [1.82, 2.24) is 0 Å². The molecule has 0 aromatic rings. The lowest BCUT2D eigenvalue weighted by molar-refractivity contribution is -0.109. The molecule has 6 heteroatoms. The Morgan fingerprint density at radius 1 is 0.963 bits per heavy atom. The molecule has 3 rings (SSSR count). The maximum absolute atomic E-state index is 11.7. The molecule has 2 aliphatic carbocycles. The van der Waals surface area contributed by atoms with E-state index >= 15 is 0 Å². The van der Waals surface area contributed by atoms with Crippen LogP contribution in [-0.4, -0.2) is 22.8 Å². The summed E-state index contributed by atoms with van der Waals surface area (Å²) in [6.07, 6.45) is 9.78. The van der Waals surface area contributed by atoms with Gasteiger partial charge in [0.25, 0.3) is 0 Å². The molecular weight excluding hydrogens is 340 g/mol. The molecule has 0 aromatic carbocycles. The van der Waals surface area contributed by atoms with E-state index < -0.39 is 28.4 Å². The summed E-state index contributed by atoms with van der Waals surface area (Å²) in [5.41, 5.74) is -4.34. The number of nitrogens with zero attached hydrogens (tertiary/aromatic N) is 4. The number of aliphatic imine (C=N–C) groups is 1. The predicted molar refractivity (Wildman–Crippen MR) is 97.9 cm³/mol. The molecule has 2 saturated carbocycles. The van der Waals surface area contributed by atoms with Gasteiger partial charge < -0.3 is 9.90 Å². The monoisotopic (exact) mass is 366 g/mol. The van der Waals surface area contributed by atoms with Crippen LogP contribution in [0.25, 0.3) is 0 Å². The minimum atomic E-state index is -1.64. The second-order valence-corrected chi connectivity index (χ2v) is 8.29. The zero-order chi connectivity index (χ0) is 19.5. The minimum absolute atomic E-state index is 0.0114. The number of fused-ring (bicyclic) bond motifs is 3. The standard InChI is InChI=1S/C21H26N4O2/c22-13-19(14-23)11-16(12-26)18-20(19,15-24)17-9-7-5-3-1-2-4-6-8-10-21(17,27)25-18/h12,16-17,27H,1-11H2/t16?,17-,20-,21-/m1/s1. The molecule has 3 aliphatic rings. The second kappa shape index (κ2) is 7.41. The van der Waals surface area contributed by atoms with Gasteiger partial charge in [0.2, 0.25) is 0 Å². The third-order valence-corrected chi connectivity index (χ3v) is 6.86. The van der Waals surface area contributed by atoms with Gasteiger partial charge in [-0.05, 0) is 25.7 Å². The van der Waals surface area contributed by atoms with E-state index in [2.05, 4.69) is 23.2 Å². The second-order valence-electron chi connectivity index (χ2n) is 8.29. The maximum Gasteiger partial charge on any atom is 0.169 e. The van der Waals surface area contributed by atoms with Crippen LogP contribution in [0.15, 0.2) is 4.99 Å². The van der Waals surface area contributed by atoms with Crippen LogP contribution < -0.4 is 0 Å². The van der Waals surface area contributed by atoms with Crippen LogP contribution in [0.5, 0.6) is 0 Å². The van der Waals surface area contributed by atoms with Gasteiger partial charge in [-0.3, -0.25) is 4.99 Å². The van der Waals surface area contributed by atoms with E-state index in [1.807, 2.05) is 0 Å². The Morgan fingerprint density at radius 2 is 1.56 bits per heavy atom. The first-order valence-corrected chi connectivity index (χ1v) is 10.1. The average molecular weight is 366 g/mol. The number of hydrogen-bond acceptors (Lipinski definition) is 6. The molecule has 0 bridgehead atoms. The van der Waals surface area contributed by atoms with E-state index in [9.17, 15) is 25.7 Å². The highest BCUT2D eigenvalue weighted by atomic mass is 16.3. The van der Waals surface area contributed by atoms with Gasteiger partial charge in [0, 0.05) is 11.6 Å². The van der Waals surface area contributed by atoms with E-state index in [-0.39, 0.29) is 12.1 Å². The molecule has 4 atom stereocenters. The minimum Gasteiger partial charge on any atom is -0.369 e. The molecule has 0 amide bonds. The summed E-state index contributed by atoms with van der Waals surface area (Å²) in [6, 6.07) is 6.35. The first-order chi connectivity index (χ1) is 13.0. The third-order valence-electron chi connectivity index (χ3n) is 6.86. The Hall–Kier alpha value is -2.23. The summed E-state index contributed by atoms with van der Waals surface area (Å²) in [4.78, 5) is 16.2. The van der Waals surface area contributed by atoms with Gasteiger partial charge in [0.05, 0.1) is 24.1 Å².